The minimum atomic E-state index is -0.652. The number of aromatic nitrogens is 2. The Hall–Kier alpha value is -2.87. The van der Waals surface area contributed by atoms with Gasteiger partial charge in [-0.3, -0.25) is 4.79 Å². The van der Waals surface area contributed by atoms with Crippen LogP contribution in [-0.2, 0) is 21.7 Å². The molecule has 2 aromatic rings. The number of nitrogens with zero attached hydrogens (tertiary/aromatic N) is 3. The number of hydrogen-bond donors (Lipinski definition) is 2. The summed E-state index contributed by atoms with van der Waals surface area (Å²) >= 11 is 0. The van der Waals surface area contributed by atoms with Crippen molar-refractivity contribution in [2.75, 3.05) is 25.0 Å². The Balaban J connectivity index is 1.44. The van der Waals surface area contributed by atoms with Crippen LogP contribution in [0.1, 0.15) is 38.1 Å². The average Bonchev–Trinajstić information content (AvgIpc) is 3.24. The summed E-state index contributed by atoms with van der Waals surface area (Å²) in [6, 6.07) is 7.62. The number of nitrogens with one attached hydrogen (secondary N) is 2. The van der Waals surface area contributed by atoms with E-state index in [0.717, 1.165) is 17.1 Å². The molecule has 3 amide bonds. The van der Waals surface area contributed by atoms with Gasteiger partial charge in [0, 0.05) is 50.6 Å². The molecule has 1 aromatic heterocycles. The first kappa shape index (κ1) is 21.4. The first-order valence-corrected chi connectivity index (χ1v) is 11.0. The van der Waals surface area contributed by atoms with Gasteiger partial charge in [0.25, 0.3) is 5.91 Å². The maximum atomic E-state index is 12.8. The Labute approximate surface area is 183 Å². The van der Waals surface area contributed by atoms with E-state index in [-0.39, 0.29) is 11.9 Å². The van der Waals surface area contributed by atoms with E-state index in [1.54, 1.807) is 11.1 Å². The van der Waals surface area contributed by atoms with Crippen LogP contribution in [0.25, 0.3) is 0 Å². The molecule has 1 atom stereocenters. The van der Waals surface area contributed by atoms with Gasteiger partial charge in [0.15, 0.2) is 6.10 Å². The number of piperidine rings is 1. The number of ether oxygens (including phenoxy) is 1. The van der Waals surface area contributed by atoms with Gasteiger partial charge < -0.3 is 24.8 Å². The number of carbonyl (C=O) groups excluding carboxylic acids is 2. The van der Waals surface area contributed by atoms with Crippen molar-refractivity contribution in [2.24, 2.45) is 5.92 Å². The summed E-state index contributed by atoms with van der Waals surface area (Å²) in [6.07, 6.45) is 4.29. The van der Waals surface area contributed by atoms with Crippen LogP contribution < -0.4 is 10.6 Å². The van der Waals surface area contributed by atoms with Crippen LogP contribution in [0.3, 0.4) is 0 Å². The molecule has 8 heteroatoms. The lowest BCUT2D eigenvalue weighted by atomic mass is 9.88. The average molecular weight is 426 g/mol. The lowest BCUT2D eigenvalue weighted by molar-refractivity contribution is -0.171. The second kappa shape index (κ2) is 8.70. The van der Waals surface area contributed by atoms with Gasteiger partial charge in [-0.05, 0) is 24.5 Å². The molecule has 1 spiro atoms. The van der Waals surface area contributed by atoms with Crippen LogP contribution in [0.5, 0.6) is 0 Å². The highest BCUT2D eigenvalue weighted by atomic mass is 16.5. The molecule has 4 rings (SSSR count). The monoisotopic (exact) mass is 425 g/mol. The molecule has 1 aromatic carbocycles. The molecule has 0 unspecified atom stereocenters. The summed E-state index contributed by atoms with van der Waals surface area (Å²) in [7, 11) is 0. The Kier molecular flexibility index (Phi) is 6.00. The van der Waals surface area contributed by atoms with Crippen molar-refractivity contribution in [2.45, 2.75) is 51.9 Å². The third-order valence-electron chi connectivity index (χ3n) is 6.08. The fraction of sp³-hybridized carbons (Fsp3) is 0.522. The SMILES string of the molecule is Cc1ccccc1NC(=O)N1CCC2(CC1)O[C@@H](C(=O)NCC(C)C)Cn1ccnc12. The van der Waals surface area contributed by atoms with Crippen molar-refractivity contribution in [3.8, 4) is 0 Å². The first-order valence-electron chi connectivity index (χ1n) is 11.0. The first-order chi connectivity index (χ1) is 14.9. The number of anilines is 1. The highest BCUT2D eigenvalue weighted by Gasteiger charge is 2.47. The number of benzene rings is 1. The molecule has 166 valence electrons. The van der Waals surface area contributed by atoms with Gasteiger partial charge in [0.05, 0.1) is 6.54 Å². The number of carbonyl (C=O) groups is 2. The van der Waals surface area contributed by atoms with Crippen LogP contribution >= 0.6 is 0 Å². The summed E-state index contributed by atoms with van der Waals surface area (Å²) < 4.78 is 8.43. The zero-order valence-corrected chi connectivity index (χ0v) is 18.4. The Bertz CT molecular complexity index is 946. The largest absolute Gasteiger partial charge is 0.354 e. The van der Waals surface area contributed by atoms with Crippen LogP contribution in [-0.4, -0.2) is 52.1 Å². The van der Waals surface area contributed by atoms with E-state index in [4.69, 9.17) is 4.74 Å². The molecular weight excluding hydrogens is 394 g/mol. The van der Waals surface area contributed by atoms with Gasteiger partial charge in [-0.15, -0.1) is 0 Å². The standard InChI is InChI=1S/C23H31N5O3/c1-16(2)14-25-20(29)19-15-28-13-10-24-21(28)23(31-19)8-11-27(12-9-23)22(30)26-18-7-5-4-6-17(18)3/h4-7,10,13,16,19H,8-9,11-12,14-15H2,1-3H3,(H,25,29)(H,26,30)/t19-/m1/s1. The molecule has 0 radical (unpaired) electrons. The molecule has 0 aliphatic carbocycles. The predicted molar refractivity (Wildman–Crippen MR) is 118 cm³/mol. The highest BCUT2D eigenvalue weighted by Crippen LogP contribution is 2.40. The van der Waals surface area contributed by atoms with E-state index >= 15 is 0 Å². The molecule has 3 heterocycles. The van der Waals surface area contributed by atoms with Crippen molar-refractivity contribution in [3.63, 3.8) is 0 Å². The van der Waals surface area contributed by atoms with Gasteiger partial charge in [0.1, 0.15) is 11.4 Å². The summed E-state index contributed by atoms with van der Waals surface area (Å²) in [6.45, 7) is 8.25. The van der Waals surface area contributed by atoms with Gasteiger partial charge in [-0.2, -0.15) is 0 Å². The molecular formula is C23H31N5O3. The quantitative estimate of drug-likeness (QED) is 0.788. The normalized spacial score (nSPS) is 19.9. The number of urea groups is 1. The van der Waals surface area contributed by atoms with Crippen molar-refractivity contribution in [1.82, 2.24) is 19.8 Å². The van der Waals surface area contributed by atoms with Crippen molar-refractivity contribution >= 4 is 17.6 Å². The Morgan fingerprint density at radius 1 is 1.26 bits per heavy atom. The highest BCUT2D eigenvalue weighted by molar-refractivity contribution is 5.90. The number of rotatable bonds is 4. The molecule has 2 aliphatic rings. The van der Waals surface area contributed by atoms with Gasteiger partial charge in [-0.25, -0.2) is 9.78 Å². The van der Waals surface area contributed by atoms with Crippen molar-refractivity contribution in [3.05, 3.63) is 48.0 Å². The second-order valence-electron chi connectivity index (χ2n) is 8.88. The smallest absolute Gasteiger partial charge is 0.321 e. The summed E-state index contributed by atoms with van der Waals surface area (Å²) in [5.41, 5.74) is 1.19. The van der Waals surface area contributed by atoms with Gasteiger partial charge in [0.2, 0.25) is 0 Å². The molecule has 1 saturated heterocycles. The lowest BCUT2D eigenvalue weighted by Crippen LogP contribution is -2.55. The third-order valence-corrected chi connectivity index (χ3v) is 6.08. The number of imidazole rings is 1. The van der Waals surface area contributed by atoms with Crippen LogP contribution in [0.15, 0.2) is 36.7 Å². The van der Waals surface area contributed by atoms with Crippen molar-refractivity contribution in [1.29, 1.82) is 0 Å². The third kappa shape index (κ3) is 4.44. The number of amides is 3. The van der Waals surface area contributed by atoms with Gasteiger partial charge in [-0.1, -0.05) is 32.0 Å². The predicted octanol–water partition coefficient (Wildman–Crippen LogP) is 2.89. The summed E-state index contributed by atoms with van der Waals surface area (Å²) in [5, 5.41) is 5.99. The van der Waals surface area contributed by atoms with Gasteiger partial charge >= 0.3 is 6.03 Å². The maximum absolute atomic E-state index is 12.8. The van der Waals surface area contributed by atoms with Crippen LogP contribution in [0.4, 0.5) is 10.5 Å². The minimum Gasteiger partial charge on any atom is -0.354 e. The number of hydrogen-bond acceptors (Lipinski definition) is 4. The molecule has 8 nitrogen and oxygen atoms in total. The number of para-hydroxylation sites is 1. The molecule has 1 fully saturated rings. The maximum Gasteiger partial charge on any atom is 0.321 e. The summed E-state index contributed by atoms with van der Waals surface area (Å²) in [5.74, 6) is 1.13. The lowest BCUT2D eigenvalue weighted by Gasteiger charge is -2.45. The second-order valence-corrected chi connectivity index (χ2v) is 8.88. The van der Waals surface area contributed by atoms with E-state index in [1.165, 1.54) is 0 Å². The number of likely N-dealkylation sites (tertiary alicyclic amines) is 1. The Morgan fingerprint density at radius 3 is 2.71 bits per heavy atom. The Morgan fingerprint density at radius 2 is 2.00 bits per heavy atom. The summed E-state index contributed by atoms with van der Waals surface area (Å²) in [4.78, 5) is 31.9. The van der Waals surface area contributed by atoms with Crippen LogP contribution in [0, 0.1) is 12.8 Å². The zero-order valence-electron chi connectivity index (χ0n) is 18.4. The molecule has 0 saturated carbocycles. The minimum absolute atomic E-state index is 0.0906. The van der Waals surface area contributed by atoms with E-state index in [1.807, 2.05) is 42.0 Å². The van der Waals surface area contributed by atoms with Crippen LogP contribution in [0.2, 0.25) is 0 Å². The van der Waals surface area contributed by atoms with E-state index in [0.29, 0.717) is 44.9 Å². The number of fused-ring (bicyclic) bond motifs is 2. The molecule has 31 heavy (non-hydrogen) atoms. The zero-order chi connectivity index (χ0) is 22.0. The molecule has 2 N–H and O–H groups in total. The topological polar surface area (TPSA) is 88.5 Å². The van der Waals surface area contributed by atoms with Crippen molar-refractivity contribution < 1.29 is 14.3 Å². The molecule has 2 aliphatic heterocycles. The molecule has 0 bridgehead atoms. The fourth-order valence-electron chi connectivity index (χ4n) is 4.27. The fourth-order valence-corrected chi connectivity index (χ4v) is 4.27. The van der Waals surface area contributed by atoms with E-state index in [2.05, 4.69) is 29.5 Å². The van der Waals surface area contributed by atoms with E-state index in [9.17, 15) is 9.59 Å². The van der Waals surface area contributed by atoms with E-state index < -0.39 is 11.7 Å². The number of aryl methyl sites for hydroxylation is 1.